The maximum absolute atomic E-state index is 14.5. The molecule has 3 atom stereocenters. The fraction of sp³-hybridized carbons (Fsp3) is 0.182. The van der Waals surface area contributed by atoms with E-state index in [0.29, 0.717) is 33.0 Å². The average molecular weight is 636 g/mol. The van der Waals surface area contributed by atoms with E-state index in [9.17, 15) is 14.4 Å². The molecular weight excluding hydrogens is 614 g/mol. The van der Waals surface area contributed by atoms with Crippen LogP contribution in [0.1, 0.15) is 27.8 Å². The van der Waals surface area contributed by atoms with Crippen LogP contribution in [0.25, 0.3) is 0 Å². The highest BCUT2D eigenvalue weighted by molar-refractivity contribution is 6.37. The van der Waals surface area contributed by atoms with Crippen molar-refractivity contribution in [2.24, 2.45) is 11.8 Å². The second-order valence-electron chi connectivity index (χ2n) is 10.8. The summed E-state index contributed by atoms with van der Waals surface area (Å²) in [6, 6.07) is 27.5. The van der Waals surface area contributed by atoms with Crippen LogP contribution >= 0.6 is 46.4 Å². The SMILES string of the molecule is O=C(Nc1ccc(Cl)cc1Cl)[C@H](Cc1ccccc1)N1C(=O)[C@@H]2[C@@H](C1=O)C1(Cl)c3ccccc3C2(Cl)c2ccccc21. The number of likely N-dealkylation sites (tertiary alicyclic amines) is 1. The summed E-state index contributed by atoms with van der Waals surface area (Å²) in [5.41, 5.74) is 3.86. The van der Waals surface area contributed by atoms with Crippen LogP contribution in [0.5, 0.6) is 0 Å². The van der Waals surface area contributed by atoms with Crippen LogP contribution in [0.2, 0.25) is 10.0 Å². The summed E-state index contributed by atoms with van der Waals surface area (Å²) in [6.45, 7) is 0. The molecule has 0 saturated carbocycles. The highest BCUT2D eigenvalue weighted by Crippen LogP contribution is 2.69. The Balaban J connectivity index is 1.36. The Hall–Kier alpha value is -3.35. The summed E-state index contributed by atoms with van der Waals surface area (Å²) >= 11 is 27.5. The molecule has 42 heavy (non-hydrogen) atoms. The maximum atomic E-state index is 14.5. The zero-order chi connectivity index (χ0) is 29.4. The Morgan fingerprint density at radius 2 is 1.21 bits per heavy atom. The third kappa shape index (κ3) is 3.74. The van der Waals surface area contributed by atoms with Gasteiger partial charge >= 0.3 is 0 Å². The van der Waals surface area contributed by atoms with Crippen LogP contribution in [-0.4, -0.2) is 28.7 Å². The van der Waals surface area contributed by atoms with Crippen LogP contribution in [0, 0.1) is 11.8 Å². The number of nitrogens with zero attached hydrogens (tertiary/aromatic N) is 1. The van der Waals surface area contributed by atoms with E-state index in [-0.39, 0.29) is 11.4 Å². The molecule has 9 heteroatoms. The van der Waals surface area contributed by atoms with E-state index in [2.05, 4.69) is 5.32 Å². The molecule has 1 saturated heterocycles. The summed E-state index contributed by atoms with van der Waals surface area (Å²) in [4.78, 5) is 41.5. The number of hydrogen-bond acceptors (Lipinski definition) is 3. The van der Waals surface area contributed by atoms with Gasteiger partial charge in [-0.25, -0.2) is 0 Å². The first-order valence-electron chi connectivity index (χ1n) is 13.4. The standard InChI is InChI=1S/C33H22Cl4N2O3/c34-19-14-15-25(24(35)17-19)38-29(40)26(16-18-8-2-1-3-9-18)39-30(41)27-28(31(39)42)33(37)21-11-5-4-10-20(21)32(27,36)22-12-6-7-13-23(22)33/h1-15,17,26-28H,16H2,(H,38,40)/t26-,27-,28-,32?,33?/m0/s1. The number of anilines is 1. The van der Waals surface area contributed by atoms with Gasteiger partial charge in [0.2, 0.25) is 17.7 Å². The molecule has 210 valence electrons. The van der Waals surface area contributed by atoms with E-state index in [1.807, 2.05) is 78.9 Å². The van der Waals surface area contributed by atoms with E-state index in [1.54, 1.807) is 12.1 Å². The fourth-order valence-electron chi connectivity index (χ4n) is 6.94. The number of hydrogen-bond donors (Lipinski definition) is 1. The summed E-state index contributed by atoms with van der Waals surface area (Å²) in [5.74, 6) is -3.67. The van der Waals surface area contributed by atoms with Crippen molar-refractivity contribution in [3.05, 3.63) is 135 Å². The minimum absolute atomic E-state index is 0.0826. The van der Waals surface area contributed by atoms with Gasteiger partial charge in [0.15, 0.2) is 0 Å². The molecule has 1 N–H and O–H groups in total. The molecule has 0 radical (unpaired) electrons. The van der Waals surface area contributed by atoms with Gasteiger partial charge in [0, 0.05) is 11.4 Å². The van der Waals surface area contributed by atoms with Gasteiger partial charge in [0.1, 0.15) is 15.8 Å². The quantitative estimate of drug-likeness (QED) is 0.187. The zero-order valence-electron chi connectivity index (χ0n) is 21.9. The third-order valence-electron chi connectivity index (χ3n) is 8.69. The van der Waals surface area contributed by atoms with Crippen LogP contribution in [0.15, 0.2) is 97.1 Å². The van der Waals surface area contributed by atoms with Gasteiger partial charge in [-0.3, -0.25) is 19.3 Å². The molecule has 1 fully saturated rings. The molecule has 1 heterocycles. The number of imide groups is 1. The van der Waals surface area contributed by atoms with E-state index < -0.39 is 45.3 Å². The van der Waals surface area contributed by atoms with Crippen molar-refractivity contribution in [3.63, 3.8) is 0 Å². The Bertz CT molecular complexity index is 1670. The summed E-state index contributed by atoms with van der Waals surface area (Å²) < 4.78 is 0. The third-order valence-corrected chi connectivity index (χ3v) is 10.5. The number of carbonyl (C=O) groups excluding carboxylic acids is 3. The number of rotatable bonds is 5. The average Bonchev–Trinajstić information content (AvgIpc) is 3.27. The normalized spacial score (nSPS) is 26.0. The van der Waals surface area contributed by atoms with Crippen molar-refractivity contribution >= 4 is 69.8 Å². The lowest BCUT2D eigenvalue weighted by Crippen LogP contribution is -2.57. The molecule has 8 rings (SSSR count). The second kappa shape index (κ2) is 9.85. The zero-order valence-corrected chi connectivity index (χ0v) is 24.9. The topological polar surface area (TPSA) is 66.5 Å². The first kappa shape index (κ1) is 27.5. The lowest BCUT2D eigenvalue weighted by molar-refractivity contribution is -0.146. The van der Waals surface area contributed by atoms with E-state index in [1.165, 1.54) is 6.07 Å². The van der Waals surface area contributed by atoms with Crippen molar-refractivity contribution in [2.75, 3.05) is 5.32 Å². The molecule has 3 amide bonds. The predicted molar refractivity (Wildman–Crippen MR) is 164 cm³/mol. The van der Waals surface area contributed by atoms with Crippen molar-refractivity contribution in [1.82, 2.24) is 4.90 Å². The number of amides is 3. The number of benzene rings is 4. The number of alkyl halides is 2. The molecule has 1 aliphatic heterocycles. The Morgan fingerprint density at radius 3 is 1.69 bits per heavy atom. The number of nitrogens with one attached hydrogen (secondary N) is 1. The van der Waals surface area contributed by atoms with Gasteiger partial charge in [-0.05, 0) is 46.0 Å². The van der Waals surface area contributed by atoms with Gasteiger partial charge in [-0.2, -0.15) is 0 Å². The summed E-state index contributed by atoms with van der Waals surface area (Å²) in [7, 11) is 0. The highest BCUT2D eigenvalue weighted by atomic mass is 35.5. The molecular formula is C33H22Cl4N2O3. The Kier molecular flexibility index (Phi) is 6.45. The Labute approximate surface area is 262 Å². The summed E-state index contributed by atoms with van der Waals surface area (Å²) in [5, 5.41) is 3.44. The van der Waals surface area contributed by atoms with Crippen LogP contribution in [0.3, 0.4) is 0 Å². The molecule has 2 bridgehead atoms. The number of halogens is 4. The molecule has 0 aromatic heterocycles. The predicted octanol–water partition coefficient (Wildman–Crippen LogP) is 7.14. The first-order valence-corrected chi connectivity index (χ1v) is 14.9. The second-order valence-corrected chi connectivity index (χ2v) is 12.9. The van der Waals surface area contributed by atoms with Gasteiger partial charge in [0.25, 0.3) is 0 Å². The van der Waals surface area contributed by atoms with Crippen molar-refractivity contribution in [2.45, 2.75) is 22.2 Å². The molecule has 0 spiro atoms. The molecule has 4 aliphatic rings. The largest absolute Gasteiger partial charge is 0.323 e. The fourth-order valence-corrected chi connectivity index (χ4v) is 8.49. The minimum atomic E-state index is -1.34. The maximum Gasteiger partial charge on any atom is 0.248 e. The van der Waals surface area contributed by atoms with E-state index in [4.69, 9.17) is 46.4 Å². The number of carbonyl (C=O) groups is 3. The minimum Gasteiger partial charge on any atom is -0.323 e. The highest BCUT2D eigenvalue weighted by Gasteiger charge is 2.73. The first-order chi connectivity index (χ1) is 20.2. The lowest BCUT2D eigenvalue weighted by Gasteiger charge is -2.54. The van der Waals surface area contributed by atoms with Gasteiger partial charge in [-0.15, -0.1) is 23.2 Å². The molecule has 3 aliphatic carbocycles. The monoisotopic (exact) mass is 634 g/mol. The smallest absolute Gasteiger partial charge is 0.248 e. The van der Waals surface area contributed by atoms with Gasteiger partial charge in [-0.1, -0.05) is 102 Å². The van der Waals surface area contributed by atoms with Gasteiger partial charge in [0.05, 0.1) is 22.5 Å². The van der Waals surface area contributed by atoms with Crippen LogP contribution < -0.4 is 5.32 Å². The van der Waals surface area contributed by atoms with Crippen molar-refractivity contribution in [1.29, 1.82) is 0 Å². The van der Waals surface area contributed by atoms with Gasteiger partial charge < -0.3 is 5.32 Å². The molecule has 4 aromatic carbocycles. The molecule has 0 unspecified atom stereocenters. The van der Waals surface area contributed by atoms with Crippen LogP contribution in [0.4, 0.5) is 5.69 Å². The Morgan fingerprint density at radius 1 is 0.738 bits per heavy atom. The molecule has 4 aromatic rings. The van der Waals surface area contributed by atoms with Crippen LogP contribution in [-0.2, 0) is 30.6 Å². The summed E-state index contributed by atoms with van der Waals surface area (Å²) in [6.07, 6.45) is 0.0826. The lowest BCUT2D eigenvalue weighted by atomic mass is 9.54. The van der Waals surface area contributed by atoms with E-state index in [0.717, 1.165) is 10.5 Å². The molecule has 5 nitrogen and oxygen atoms in total. The van der Waals surface area contributed by atoms with E-state index >= 15 is 0 Å². The van der Waals surface area contributed by atoms with Crippen molar-refractivity contribution < 1.29 is 14.4 Å². The van der Waals surface area contributed by atoms with Crippen molar-refractivity contribution in [3.8, 4) is 0 Å².